The summed E-state index contributed by atoms with van der Waals surface area (Å²) in [5.41, 5.74) is -0.292. The minimum absolute atomic E-state index is 0.0780. The Hall–Kier alpha value is -1.26. The Kier molecular flexibility index (Phi) is 5.99. The maximum absolute atomic E-state index is 11.7. The van der Waals surface area contributed by atoms with E-state index in [2.05, 4.69) is 10.6 Å². The lowest BCUT2D eigenvalue weighted by atomic mass is 10.1. The highest BCUT2D eigenvalue weighted by Gasteiger charge is 2.18. The molecule has 0 atom stereocenters. The zero-order chi connectivity index (χ0) is 13.6. The van der Waals surface area contributed by atoms with Crippen LogP contribution in [0.1, 0.15) is 34.6 Å². The van der Waals surface area contributed by atoms with E-state index in [9.17, 15) is 9.59 Å². The summed E-state index contributed by atoms with van der Waals surface area (Å²) in [7, 11) is 1.61. The molecule has 0 spiro atoms. The standard InChI is InChI=1S/C12H25N3O2/c1-9(2)7-13-10(16)8-15(6)11(17)14-12(3,4)5/h9H,7-8H2,1-6H3,(H,13,16)(H,14,17). The van der Waals surface area contributed by atoms with Gasteiger partial charge in [0.2, 0.25) is 5.91 Å². The molecule has 0 saturated heterocycles. The number of rotatable bonds is 4. The molecule has 3 amide bonds. The lowest BCUT2D eigenvalue weighted by Gasteiger charge is -2.25. The summed E-state index contributed by atoms with van der Waals surface area (Å²) in [6.45, 7) is 10.5. The van der Waals surface area contributed by atoms with Crippen molar-refractivity contribution >= 4 is 11.9 Å². The molecule has 0 radical (unpaired) electrons. The summed E-state index contributed by atoms with van der Waals surface area (Å²) in [5.74, 6) is 0.276. The zero-order valence-corrected chi connectivity index (χ0v) is 11.8. The first-order valence-corrected chi connectivity index (χ1v) is 5.92. The van der Waals surface area contributed by atoms with E-state index >= 15 is 0 Å². The molecule has 17 heavy (non-hydrogen) atoms. The number of nitrogens with one attached hydrogen (secondary N) is 2. The highest BCUT2D eigenvalue weighted by Crippen LogP contribution is 1.99. The fourth-order valence-electron chi connectivity index (χ4n) is 1.08. The van der Waals surface area contributed by atoms with Gasteiger partial charge in [-0.3, -0.25) is 4.79 Å². The summed E-state index contributed by atoms with van der Waals surface area (Å²) < 4.78 is 0. The molecule has 0 fully saturated rings. The number of likely N-dealkylation sites (N-methyl/N-ethyl adjacent to an activating group) is 1. The van der Waals surface area contributed by atoms with Crippen LogP contribution in [0, 0.1) is 5.92 Å². The van der Waals surface area contributed by atoms with E-state index in [1.165, 1.54) is 4.90 Å². The van der Waals surface area contributed by atoms with Crippen LogP contribution in [0.25, 0.3) is 0 Å². The molecule has 0 aliphatic carbocycles. The molecule has 0 saturated carbocycles. The normalized spacial score (nSPS) is 11.2. The number of hydrogen-bond acceptors (Lipinski definition) is 2. The average Bonchev–Trinajstić information content (AvgIpc) is 2.11. The van der Waals surface area contributed by atoms with Gasteiger partial charge < -0.3 is 15.5 Å². The summed E-state index contributed by atoms with van der Waals surface area (Å²) in [5, 5.41) is 5.57. The monoisotopic (exact) mass is 243 g/mol. The molecule has 100 valence electrons. The van der Waals surface area contributed by atoms with Crippen LogP contribution in [0.4, 0.5) is 4.79 Å². The van der Waals surface area contributed by atoms with Crippen LogP contribution in [0.3, 0.4) is 0 Å². The molecular weight excluding hydrogens is 218 g/mol. The van der Waals surface area contributed by atoms with E-state index in [1.54, 1.807) is 7.05 Å². The fourth-order valence-corrected chi connectivity index (χ4v) is 1.08. The summed E-state index contributed by atoms with van der Waals surface area (Å²) in [6.07, 6.45) is 0. The van der Waals surface area contributed by atoms with E-state index < -0.39 is 0 Å². The van der Waals surface area contributed by atoms with Crippen molar-refractivity contribution in [3.05, 3.63) is 0 Å². The highest BCUT2D eigenvalue weighted by molar-refractivity contribution is 5.84. The fraction of sp³-hybridized carbons (Fsp3) is 0.833. The molecule has 0 aromatic rings. The van der Waals surface area contributed by atoms with Crippen molar-refractivity contribution in [2.75, 3.05) is 20.1 Å². The summed E-state index contributed by atoms with van der Waals surface area (Å²) >= 11 is 0. The van der Waals surface area contributed by atoms with Crippen LogP contribution in [0.5, 0.6) is 0 Å². The zero-order valence-electron chi connectivity index (χ0n) is 11.8. The minimum Gasteiger partial charge on any atom is -0.354 e. The van der Waals surface area contributed by atoms with Gasteiger partial charge in [-0.25, -0.2) is 4.79 Å². The summed E-state index contributed by atoms with van der Waals surface area (Å²) in [4.78, 5) is 24.5. The van der Waals surface area contributed by atoms with E-state index in [0.29, 0.717) is 12.5 Å². The van der Waals surface area contributed by atoms with Gasteiger partial charge in [-0.15, -0.1) is 0 Å². The molecule has 2 N–H and O–H groups in total. The van der Waals surface area contributed by atoms with Gasteiger partial charge in [-0.2, -0.15) is 0 Å². The van der Waals surface area contributed by atoms with Crippen molar-refractivity contribution in [3.63, 3.8) is 0 Å². The van der Waals surface area contributed by atoms with Gasteiger partial charge in [-0.1, -0.05) is 13.8 Å². The Morgan fingerprint density at radius 2 is 1.76 bits per heavy atom. The van der Waals surface area contributed by atoms with Crippen LogP contribution in [0.2, 0.25) is 0 Å². The Morgan fingerprint density at radius 3 is 2.18 bits per heavy atom. The number of amides is 3. The van der Waals surface area contributed by atoms with Crippen LogP contribution >= 0.6 is 0 Å². The third kappa shape index (κ3) is 8.54. The van der Waals surface area contributed by atoms with Gasteiger partial charge in [0.15, 0.2) is 0 Å². The number of urea groups is 1. The third-order valence-corrected chi connectivity index (χ3v) is 1.92. The van der Waals surface area contributed by atoms with Crippen molar-refractivity contribution in [2.24, 2.45) is 5.92 Å². The Morgan fingerprint density at radius 1 is 1.24 bits per heavy atom. The third-order valence-electron chi connectivity index (χ3n) is 1.92. The molecular formula is C12H25N3O2. The van der Waals surface area contributed by atoms with Crippen molar-refractivity contribution in [3.8, 4) is 0 Å². The maximum atomic E-state index is 11.7. The molecule has 0 rings (SSSR count). The molecule has 0 aromatic heterocycles. The van der Waals surface area contributed by atoms with Crippen LogP contribution in [-0.2, 0) is 4.79 Å². The van der Waals surface area contributed by atoms with Crippen molar-refractivity contribution < 1.29 is 9.59 Å². The van der Waals surface area contributed by atoms with Gasteiger partial charge in [0.1, 0.15) is 6.54 Å². The van der Waals surface area contributed by atoms with Gasteiger partial charge in [0.05, 0.1) is 0 Å². The number of carbonyl (C=O) groups is 2. The second-order valence-corrected chi connectivity index (χ2v) is 5.73. The van der Waals surface area contributed by atoms with Gasteiger partial charge >= 0.3 is 6.03 Å². The van der Waals surface area contributed by atoms with Crippen molar-refractivity contribution in [2.45, 2.75) is 40.2 Å². The molecule has 0 unspecified atom stereocenters. The molecule has 0 aliphatic heterocycles. The van der Waals surface area contributed by atoms with Gasteiger partial charge in [0, 0.05) is 19.1 Å². The maximum Gasteiger partial charge on any atom is 0.318 e. The predicted octanol–water partition coefficient (Wildman–Crippen LogP) is 1.20. The van der Waals surface area contributed by atoms with E-state index in [0.717, 1.165) is 0 Å². The predicted molar refractivity (Wildman–Crippen MR) is 68.8 cm³/mol. The first-order valence-electron chi connectivity index (χ1n) is 5.92. The Bertz CT molecular complexity index is 269. The smallest absolute Gasteiger partial charge is 0.318 e. The van der Waals surface area contributed by atoms with Gasteiger partial charge in [-0.05, 0) is 26.7 Å². The van der Waals surface area contributed by atoms with Gasteiger partial charge in [0.25, 0.3) is 0 Å². The number of carbonyl (C=O) groups excluding carboxylic acids is 2. The number of nitrogens with zero attached hydrogens (tertiary/aromatic N) is 1. The second-order valence-electron chi connectivity index (χ2n) is 5.73. The van der Waals surface area contributed by atoms with Crippen molar-refractivity contribution in [1.82, 2.24) is 15.5 Å². The first kappa shape index (κ1) is 15.7. The Labute approximate surface area is 104 Å². The van der Waals surface area contributed by atoms with E-state index in [1.807, 2.05) is 34.6 Å². The Balaban J connectivity index is 4.04. The second kappa shape index (κ2) is 6.47. The molecule has 0 aromatic carbocycles. The van der Waals surface area contributed by atoms with Crippen LogP contribution < -0.4 is 10.6 Å². The largest absolute Gasteiger partial charge is 0.354 e. The first-order chi connectivity index (χ1) is 7.61. The lowest BCUT2D eigenvalue weighted by Crippen LogP contribution is -2.49. The molecule has 0 heterocycles. The molecule has 0 aliphatic rings. The van der Waals surface area contributed by atoms with Crippen LogP contribution in [-0.4, -0.2) is 42.5 Å². The van der Waals surface area contributed by atoms with E-state index in [-0.39, 0.29) is 24.0 Å². The topological polar surface area (TPSA) is 61.4 Å². The summed E-state index contributed by atoms with van der Waals surface area (Å²) in [6, 6.07) is -0.239. The molecule has 0 bridgehead atoms. The molecule has 5 nitrogen and oxygen atoms in total. The van der Waals surface area contributed by atoms with Crippen molar-refractivity contribution in [1.29, 1.82) is 0 Å². The van der Waals surface area contributed by atoms with E-state index in [4.69, 9.17) is 0 Å². The quantitative estimate of drug-likeness (QED) is 0.779. The minimum atomic E-state index is -0.292. The van der Waals surface area contributed by atoms with Crippen LogP contribution in [0.15, 0.2) is 0 Å². The molecule has 5 heteroatoms. The number of hydrogen-bond donors (Lipinski definition) is 2. The highest BCUT2D eigenvalue weighted by atomic mass is 16.2. The SMILES string of the molecule is CC(C)CNC(=O)CN(C)C(=O)NC(C)(C)C. The lowest BCUT2D eigenvalue weighted by molar-refractivity contribution is -0.121. The average molecular weight is 243 g/mol.